The Bertz CT molecular complexity index is 1050. The fraction of sp³-hybridized carbons (Fsp3) is 0.263. The van der Waals surface area contributed by atoms with E-state index in [-0.39, 0.29) is 23.3 Å². The number of sulfonamides is 1. The van der Waals surface area contributed by atoms with Gasteiger partial charge < -0.3 is 0 Å². The van der Waals surface area contributed by atoms with E-state index in [9.17, 15) is 13.2 Å². The van der Waals surface area contributed by atoms with Crippen molar-refractivity contribution in [3.63, 3.8) is 0 Å². The van der Waals surface area contributed by atoms with E-state index in [1.807, 2.05) is 42.1 Å². The van der Waals surface area contributed by atoms with Gasteiger partial charge in [0, 0.05) is 22.7 Å². The van der Waals surface area contributed by atoms with E-state index >= 15 is 0 Å². The fourth-order valence-electron chi connectivity index (χ4n) is 2.90. The van der Waals surface area contributed by atoms with Crippen molar-refractivity contribution in [1.82, 2.24) is 14.5 Å². The molecule has 8 heteroatoms. The molecule has 0 radical (unpaired) electrons. The molecule has 0 aliphatic rings. The first kappa shape index (κ1) is 19.5. The number of nitrogens with one attached hydrogen (secondary N) is 1. The smallest absolute Gasteiger partial charge is 0.240 e. The lowest BCUT2D eigenvalue weighted by molar-refractivity contribution is 0.101. The Morgan fingerprint density at radius 3 is 2.59 bits per heavy atom. The average molecular weight is 404 g/mol. The van der Waals surface area contributed by atoms with Crippen molar-refractivity contribution in [2.75, 3.05) is 6.54 Å². The zero-order chi connectivity index (χ0) is 19.6. The minimum atomic E-state index is -3.76. The van der Waals surface area contributed by atoms with Crippen LogP contribution in [0.5, 0.6) is 0 Å². The Morgan fingerprint density at radius 2 is 2.00 bits per heavy atom. The number of nitrogens with zero attached hydrogens (tertiary/aromatic N) is 2. The maximum atomic E-state index is 12.8. The molecule has 0 fully saturated rings. The van der Waals surface area contributed by atoms with Crippen molar-refractivity contribution in [3.05, 3.63) is 69.7 Å². The van der Waals surface area contributed by atoms with E-state index in [0.29, 0.717) is 5.56 Å². The number of carbonyl (C=O) groups is 1. The third kappa shape index (κ3) is 4.35. The van der Waals surface area contributed by atoms with Gasteiger partial charge in [-0.05, 0) is 50.4 Å². The second-order valence-electron chi connectivity index (χ2n) is 6.34. The molecule has 0 spiro atoms. The third-order valence-corrected chi connectivity index (χ3v) is 6.62. The standard InChI is InChI=1S/C19H21N3O3S2/c1-13-10-14(2)22(21-13)18(19-8-5-9-26-19)12-20-27(24,25)17-7-4-6-16(11-17)15(3)23/h4-11,18,20H,12H2,1-3H3. The predicted octanol–water partition coefficient (Wildman–Crippen LogP) is 3.33. The van der Waals surface area contributed by atoms with E-state index in [2.05, 4.69) is 9.82 Å². The first-order valence-corrected chi connectivity index (χ1v) is 10.8. The Kier molecular flexibility index (Phi) is 5.59. The normalized spacial score (nSPS) is 12.9. The van der Waals surface area contributed by atoms with Crippen molar-refractivity contribution in [1.29, 1.82) is 0 Å². The molecule has 3 rings (SSSR count). The zero-order valence-corrected chi connectivity index (χ0v) is 17.0. The molecule has 1 N–H and O–H groups in total. The lowest BCUT2D eigenvalue weighted by Gasteiger charge is -2.19. The van der Waals surface area contributed by atoms with Gasteiger partial charge in [-0.25, -0.2) is 13.1 Å². The van der Waals surface area contributed by atoms with Crippen molar-refractivity contribution in [2.24, 2.45) is 0 Å². The molecule has 0 bridgehead atoms. The molecule has 0 saturated carbocycles. The number of aromatic nitrogens is 2. The molecular formula is C19H21N3O3S2. The lowest BCUT2D eigenvalue weighted by Crippen LogP contribution is -2.32. The first-order chi connectivity index (χ1) is 12.8. The summed E-state index contributed by atoms with van der Waals surface area (Å²) in [6.07, 6.45) is 0. The van der Waals surface area contributed by atoms with Crippen LogP contribution in [0.1, 0.15) is 39.6 Å². The van der Waals surface area contributed by atoms with Crippen LogP contribution in [0.15, 0.2) is 52.7 Å². The van der Waals surface area contributed by atoms with E-state index in [1.54, 1.807) is 23.5 Å². The Balaban J connectivity index is 1.88. The molecule has 1 aromatic carbocycles. The number of hydrogen-bond donors (Lipinski definition) is 1. The molecule has 2 aromatic heterocycles. The largest absolute Gasteiger partial charge is 0.295 e. The quantitative estimate of drug-likeness (QED) is 0.614. The van der Waals surface area contributed by atoms with E-state index < -0.39 is 10.0 Å². The molecule has 0 amide bonds. The third-order valence-electron chi connectivity index (χ3n) is 4.23. The molecular weight excluding hydrogens is 382 g/mol. The van der Waals surface area contributed by atoms with Crippen LogP contribution in [-0.4, -0.2) is 30.5 Å². The van der Waals surface area contributed by atoms with Gasteiger partial charge in [0.25, 0.3) is 0 Å². The van der Waals surface area contributed by atoms with Crippen LogP contribution in [0.3, 0.4) is 0 Å². The summed E-state index contributed by atoms with van der Waals surface area (Å²) >= 11 is 1.56. The molecule has 142 valence electrons. The second-order valence-corrected chi connectivity index (χ2v) is 9.09. The summed E-state index contributed by atoms with van der Waals surface area (Å²) < 4.78 is 30.0. The molecule has 6 nitrogen and oxygen atoms in total. The maximum absolute atomic E-state index is 12.8. The molecule has 1 atom stereocenters. The fourth-order valence-corrected chi connectivity index (χ4v) is 4.80. The number of hydrogen-bond acceptors (Lipinski definition) is 5. The molecule has 2 heterocycles. The molecule has 3 aromatic rings. The molecule has 1 unspecified atom stereocenters. The summed E-state index contributed by atoms with van der Waals surface area (Å²) in [5.41, 5.74) is 2.21. The maximum Gasteiger partial charge on any atom is 0.240 e. The van der Waals surface area contributed by atoms with Gasteiger partial charge in [-0.2, -0.15) is 5.10 Å². The summed E-state index contributed by atoms with van der Waals surface area (Å²) in [7, 11) is -3.76. The monoisotopic (exact) mass is 403 g/mol. The number of Topliss-reactive ketones (excluding diaryl/α,β-unsaturated/α-hetero) is 1. The highest BCUT2D eigenvalue weighted by Crippen LogP contribution is 2.25. The second kappa shape index (κ2) is 7.75. The summed E-state index contributed by atoms with van der Waals surface area (Å²) in [4.78, 5) is 12.6. The van der Waals surface area contributed by atoms with Crippen molar-refractivity contribution in [2.45, 2.75) is 31.7 Å². The lowest BCUT2D eigenvalue weighted by atomic mass is 10.2. The number of rotatable bonds is 7. The highest BCUT2D eigenvalue weighted by Gasteiger charge is 2.22. The number of carbonyl (C=O) groups excluding carboxylic acids is 1. The summed E-state index contributed by atoms with van der Waals surface area (Å²) in [6.45, 7) is 5.43. The number of aryl methyl sites for hydroxylation is 2. The van der Waals surface area contributed by atoms with Gasteiger partial charge >= 0.3 is 0 Å². The molecule has 0 aliphatic heterocycles. The van der Waals surface area contributed by atoms with Crippen molar-refractivity contribution >= 4 is 27.1 Å². The van der Waals surface area contributed by atoms with Gasteiger partial charge in [-0.15, -0.1) is 11.3 Å². The Hall–Kier alpha value is -2.29. The predicted molar refractivity (Wildman–Crippen MR) is 106 cm³/mol. The Morgan fingerprint density at radius 1 is 1.22 bits per heavy atom. The summed E-state index contributed by atoms with van der Waals surface area (Å²) in [5, 5.41) is 6.48. The average Bonchev–Trinajstić information content (AvgIpc) is 3.25. The highest BCUT2D eigenvalue weighted by molar-refractivity contribution is 7.89. The van der Waals surface area contributed by atoms with E-state index in [4.69, 9.17) is 0 Å². The topological polar surface area (TPSA) is 81.1 Å². The Labute approximate surface area is 162 Å². The highest BCUT2D eigenvalue weighted by atomic mass is 32.2. The minimum absolute atomic E-state index is 0.0773. The summed E-state index contributed by atoms with van der Waals surface area (Å²) in [5.74, 6) is -0.175. The van der Waals surface area contributed by atoms with Crippen LogP contribution < -0.4 is 4.72 Å². The van der Waals surface area contributed by atoms with Gasteiger partial charge in [-0.1, -0.05) is 18.2 Å². The van der Waals surface area contributed by atoms with Crippen LogP contribution in [0, 0.1) is 13.8 Å². The molecule has 0 saturated heterocycles. The van der Waals surface area contributed by atoms with Gasteiger partial charge in [0.05, 0.1) is 16.6 Å². The van der Waals surface area contributed by atoms with Gasteiger partial charge in [0.1, 0.15) is 0 Å². The summed E-state index contributed by atoms with van der Waals surface area (Å²) in [6, 6.07) is 11.7. The SMILES string of the molecule is CC(=O)c1cccc(S(=O)(=O)NCC(c2cccs2)n2nc(C)cc2C)c1. The van der Waals surface area contributed by atoms with Crippen LogP contribution >= 0.6 is 11.3 Å². The van der Waals surface area contributed by atoms with Gasteiger partial charge in [-0.3, -0.25) is 9.48 Å². The number of benzene rings is 1. The first-order valence-electron chi connectivity index (χ1n) is 8.45. The molecule has 0 aliphatic carbocycles. The number of ketones is 1. The van der Waals surface area contributed by atoms with Crippen molar-refractivity contribution in [3.8, 4) is 0 Å². The van der Waals surface area contributed by atoms with Crippen LogP contribution in [0.4, 0.5) is 0 Å². The van der Waals surface area contributed by atoms with Crippen molar-refractivity contribution < 1.29 is 13.2 Å². The van der Waals surface area contributed by atoms with E-state index in [1.165, 1.54) is 19.1 Å². The van der Waals surface area contributed by atoms with Gasteiger partial charge in [0.2, 0.25) is 10.0 Å². The van der Waals surface area contributed by atoms with Crippen LogP contribution in [0.2, 0.25) is 0 Å². The van der Waals surface area contributed by atoms with Crippen LogP contribution in [0.25, 0.3) is 0 Å². The van der Waals surface area contributed by atoms with E-state index in [0.717, 1.165) is 16.3 Å². The van der Waals surface area contributed by atoms with Crippen LogP contribution in [-0.2, 0) is 10.0 Å². The number of thiophene rings is 1. The van der Waals surface area contributed by atoms with Gasteiger partial charge in [0.15, 0.2) is 5.78 Å². The molecule has 27 heavy (non-hydrogen) atoms. The minimum Gasteiger partial charge on any atom is -0.295 e. The zero-order valence-electron chi connectivity index (χ0n) is 15.3.